The normalized spacial score (nSPS) is 38.0. The monoisotopic (exact) mass is 311 g/mol. The molecule has 1 aliphatic rings. The number of ether oxygens (including phenoxy) is 2. The number of aliphatic hydroxyl groups is 2. The molecule has 1 fully saturated rings. The Kier molecular flexibility index (Phi) is 3.65. The Morgan fingerprint density at radius 3 is 3.00 bits per heavy atom. The molecular weight excluding hydrogens is 298 g/mol. The van der Waals surface area contributed by atoms with Crippen molar-refractivity contribution in [3.8, 4) is 0 Å². The van der Waals surface area contributed by atoms with Gasteiger partial charge in [-0.3, -0.25) is 9.55 Å². The lowest BCUT2D eigenvalue weighted by Gasteiger charge is -2.21. The van der Waals surface area contributed by atoms with E-state index < -0.39 is 47.0 Å². The summed E-state index contributed by atoms with van der Waals surface area (Å²) in [5.41, 5.74) is -1.11. The van der Waals surface area contributed by atoms with E-state index in [0.717, 1.165) is 7.11 Å². The second-order valence-corrected chi connectivity index (χ2v) is 4.56. The van der Waals surface area contributed by atoms with Gasteiger partial charge in [-0.05, 0) is 0 Å². The van der Waals surface area contributed by atoms with Crippen LogP contribution < -0.4 is 5.69 Å². The quantitative estimate of drug-likeness (QED) is 0.658. The molecule has 0 bridgehead atoms. The van der Waals surface area contributed by atoms with Crippen LogP contribution in [0.2, 0.25) is 0 Å². The van der Waals surface area contributed by atoms with E-state index in [1.54, 1.807) is 0 Å². The third-order valence-electron chi connectivity index (χ3n) is 2.75. The Morgan fingerprint density at radius 1 is 1.75 bits per heavy atom. The molecule has 1 aromatic heterocycles. The number of nitrogens with zero attached hydrogens (tertiary/aromatic N) is 1. The molecule has 1 aromatic rings. The minimum absolute atomic E-state index is 0.267. The van der Waals surface area contributed by atoms with Crippen LogP contribution in [-0.2, 0) is 9.47 Å². The number of aromatic amines is 1. The summed E-state index contributed by atoms with van der Waals surface area (Å²) < 4.78 is 44.6. The Labute approximate surface area is 117 Å². The maximum atomic E-state index is 14.3. The van der Waals surface area contributed by atoms with Crippen molar-refractivity contribution >= 4 is 12.2 Å². The highest BCUT2D eigenvalue weighted by atomic mass is 32.1. The fraction of sp³-hybridized carbons (Fsp3) is 0.600. The first kappa shape index (κ1) is 13.8. The summed E-state index contributed by atoms with van der Waals surface area (Å²) in [4.78, 5) is 13.6. The number of hydrogen-bond acceptors (Lipinski definition) is 6. The van der Waals surface area contributed by atoms with Crippen molar-refractivity contribution in [1.82, 2.24) is 9.55 Å². The molecule has 0 unspecified atom stereocenters. The second kappa shape index (κ2) is 5.30. The van der Waals surface area contributed by atoms with E-state index in [4.69, 9.17) is 1.37 Å². The number of H-pyrrole nitrogens is 1. The highest BCUT2D eigenvalue weighted by Crippen LogP contribution is 2.37. The number of rotatable bonds is 3. The number of nitrogens with one attached hydrogen (secondary N) is 1. The van der Waals surface area contributed by atoms with Gasteiger partial charge in [-0.1, -0.05) is 12.2 Å². The van der Waals surface area contributed by atoms with Crippen LogP contribution in [0.4, 0.5) is 8.78 Å². The summed E-state index contributed by atoms with van der Waals surface area (Å²) >= 11 is 4.50. The van der Waals surface area contributed by atoms with Crippen LogP contribution in [0, 0.1) is 10.5 Å². The van der Waals surface area contributed by atoms with Gasteiger partial charge in [0.1, 0.15) is 23.5 Å². The topological polar surface area (TPSA) is 96.7 Å². The van der Waals surface area contributed by atoms with Crippen LogP contribution in [0.3, 0.4) is 0 Å². The van der Waals surface area contributed by atoms with Crippen molar-refractivity contribution in [1.29, 1.82) is 0 Å². The molecular formula is C10H12F2N2O5S. The lowest BCUT2D eigenvalue weighted by Crippen LogP contribution is -2.42. The third-order valence-corrected chi connectivity index (χ3v) is 3.04. The molecule has 112 valence electrons. The van der Waals surface area contributed by atoms with Crippen molar-refractivity contribution in [2.75, 3.05) is 13.7 Å². The van der Waals surface area contributed by atoms with Crippen LogP contribution in [0.1, 0.15) is 7.57 Å². The smallest absolute Gasteiger partial charge is 0.328 e. The van der Waals surface area contributed by atoms with E-state index in [-0.39, 0.29) is 4.57 Å². The average Bonchev–Trinajstić information content (AvgIpc) is 2.56. The summed E-state index contributed by atoms with van der Waals surface area (Å²) in [5.74, 6) is -4.01. The van der Waals surface area contributed by atoms with E-state index in [9.17, 15) is 23.8 Å². The molecule has 0 spiro atoms. The van der Waals surface area contributed by atoms with Crippen molar-refractivity contribution in [2.45, 2.75) is 24.3 Å². The molecule has 10 heteroatoms. The molecule has 1 saturated heterocycles. The molecule has 0 radical (unpaired) electrons. The predicted molar refractivity (Wildman–Crippen MR) is 63.7 cm³/mol. The minimum Gasteiger partial charge on any atom is -0.385 e. The zero-order chi connectivity index (χ0) is 16.0. The largest absolute Gasteiger partial charge is 0.385 e. The van der Waals surface area contributed by atoms with Crippen LogP contribution in [-0.4, -0.2) is 51.5 Å². The summed E-state index contributed by atoms with van der Waals surface area (Å²) in [5, 5.41) is 19.5. The minimum atomic E-state index is -2.93. The Balaban J connectivity index is 2.55. The van der Waals surface area contributed by atoms with Crippen LogP contribution in [0.25, 0.3) is 0 Å². The highest BCUT2D eigenvalue weighted by Gasteiger charge is 2.56. The van der Waals surface area contributed by atoms with Crippen LogP contribution in [0.15, 0.2) is 11.0 Å². The van der Waals surface area contributed by atoms with E-state index in [2.05, 4.69) is 21.7 Å². The first-order chi connectivity index (χ1) is 9.65. The first-order valence-electron chi connectivity index (χ1n) is 5.92. The van der Waals surface area contributed by atoms with Gasteiger partial charge in [0.15, 0.2) is 12.0 Å². The molecule has 1 aliphatic heterocycles. The lowest BCUT2D eigenvalue weighted by molar-refractivity contribution is -0.212. The molecule has 7 nitrogen and oxygen atoms in total. The van der Waals surface area contributed by atoms with Crippen molar-refractivity contribution in [3.63, 3.8) is 0 Å². The maximum Gasteiger partial charge on any atom is 0.328 e. The fourth-order valence-corrected chi connectivity index (χ4v) is 1.92. The van der Waals surface area contributed by atoms with Gasteiger partial charge in [-0.2, -0.15) is 0 Å². The first-order valence-corrected chi connectivity index (χ1v) is 5.82. The number of alkyl halides is 1. The van der Waals surface area contributed by atoms with E-state index >= 15 is 0 Å². The maximum absolute atomic E-state index is 14.3. The molecule has 0 aromatic carbocycles. The van der Waals surface area contributed by atoms with Gasteiger partial charge in [0, 0.05) is 7.11 Å². The highest BCUT2D eigenvalue weighted by molar-refractivity contribution is 7.71. The number of halogens is 2. The van der Waals surface area contributed by atoms with Gasteiger partial charge < -0.3 is 19.7 Å². The number of aliphatic hydroxyl groups excluding tert-OH is 2. The van der Waals surface area contributed by atoms with Gasteiger partial charge >= 0.3 is 5.69 Å². The van der Waals surface area contributed by atoms with Crippen molar-refractivity contribution in [3.05, 3.63) is 27.1 Å². The number of aromatic nitrogens is 2. The van der Waals surface area contributed by atoms with Gasteiger partial charge in [-0.15, -0.1) is 0 Å². The summed E-state index contributed by atoms with van der Waals surface area (Å²) in [6, 6.07) is 0. The number of hydrogen-bond donors (Lipinski definition) is 3. The van der Waals surface area contributed by atoms with E-state index in [0.29, 0.717) is 6.20 Å². The Bertz CT molecular complexity index is 670. The average molecular weight is 311 g/mol. The van der Waals surface area contributed by atoms with Gasteiger partial charge in [-0.25, -0.2) is 13.6 Å². The second-order valence-electron chi connectivity index (χ2n) is 4.16. The summed E-state index contributed by atoms with van der Waals surface area (Å²) in [6.07, 6.45) is -6.64. The summed E-state index contributed by atoms with van der Waals surface area (Å²) in [6.45, 7) is -0.800. The van der Waals surface area contributed by atoms with Gasteiger partial charge in [0.25, 0.3) is 5.85 Å². The molecule has 0 saturated carbocycles. The van der Waals surface area contributed by atoms with Crippen LogP contribution >= 0.6 is 12.2 Å². The zero-order valence-electron chi connectivity index (χ0n) is 11.2. The Hall–Kier alpha value is -1.20. The van der Waals surface area contributed by atoms with Crippen molar-refractivity contribution < 1.29 is 29.8 Å². The zero-order valence-corrected chi connectivity index (χ0v) is 11.0. The molecule has 0 aliphatic carbocycles. The Morgan fingerprint density at radius 2 is 2.40 bits per heavy atom. The standard InChI is InChI=1S/C10H12F2N2O5S/c1-18-3-10(12)6(16)5(15)8(19-10)14-2-4(11)7(20)13-9(14)17/h2,5-6,8,15-16H,3H2,1H3,(H,13,17,20)/t5-,6+,8-,10-/m1/s1/i8D. The molecule has 3 N–H and O–H groups in total. The molecule has 2 heterocycles. The SMILES string of the molecule is [2H][C@@]1(n2cc(F)c(=S)[nH]c2=O)O[C@](F)(COC)[C@@H](O)[C@H]1O. The molecule has 20 heavy (non-hydrogen) atoms. The molecule has 4 atom stereocenters. The molecule has 2 rings (SSSR count). The van der Waals surface area contributed by atoms with Gasteiger partial charge in [0.05, 0.1) is 7.57 Å². The fourth-order valence-electron chi connectivity index (χ4n) is 1.78. The lowest BCUT2D eigenvalue weighted by atomic mass is 10.1. The van der Waals surface area contributed by atoms with E-state index in [1.807, 2.05) is 4.98 Å². The van der Waals surface area contributed by atoms with Crippen molar-refractivity contribution in [2.24, 2.45) is 0 Å². The predicted octanol–water partition coefficient (Wildman–Crippen LogP) is -0.392. The van der Waals surface area contributed by atoms with Gasteiger partial charge in [0.2, 0.25) is 0 Å². The molecule has 0 amide bonds. The van der Waals surface area contributed by atoms with Crippen LogP contribution in [0.5, 0.6) is 0 Å². The third kappa shape index (κ3) is 2.40. The summed E-state index contributed by atoms with van der Waals surface area (Å²) in [7, 11) is 1.11. The number of methoxy groups -OCH3 is 1. The van der Waals surface area contributed by atoms with E-state index in [1.165, 1.54) is 0 Å².